The van der Waals surface area contributed by atoms with Crippen LogP contribution in [0.3, 0.4) is 0 Å². The Bertz CT molecular complexity index is 319. The molecule has 0 saturated carbocycles. The summed E-state index contributed by atoms with van der Waals surface area (Å²) >= 11 is 0. The van der Waals surface area contributed by atoms with Crippen LogP contribution in [-0.4, -0.2) is 26.3 Å². The maximum atomic E-state index is 12.1. The number of hydrogen-bond donors (Lipinski definition) is 1. The third kappa shape index (κ3) is 4.10. The first-order valence-corrected chi connectivity index (χ1v) is 4.99. The maximum absolute atomic E-state index is 12.1. The molecular formula is C11H15F3N2. The van der Waals surface area contributed by atoms with Crippen molar-refractivity contribution in [1.82, 2.24) is 0 Å². The van der Waals surface area contributed by atoms with E-state index < -0.39 is 12.7 Å². The second-order valence-corrected chi connectivity index (χ2v) is 3.68. The summed E-state index contributed by atoms with van der Waals surface area (Å²) in [6.07, 6.45) is -3.44. The number of benzene rings is 1. The van der Waals surface area contributed by atoms with Crippen molar-refractivity contribution in [2.45, 2.75) is 12.6 Å². The average molecular weight is 232 g/mol. The summed E-state index contributed by atoms with van der Waals surface area (Å²) in [6.45, 7) is -0.402. The standard InChI is InChI=1S/C11H15F3N2/c1-16(8-11(12,13)14)10-4-2-9(3-5-10)6-7-15/h2-5H,6-8,15H2,1H3. The van der Waals surface area contributed by atoms with E-state index in [-0.39, 0.29) is 0 Å². The molecule has 0 aliphatic rings. The average Bonchev–Trinajstić information content (AvgIpc) is 2.16. The van der Waals surface area contributed by atoms with Gasteiger partial charge >= 0.3 is 6.18 Å². The van der Waals surface area contributed by atoms with Gasteiger partial charge in [-0.2, -0.15) is 13.2 Å². The molecule has 0 radical (unpaired) electrons. The molecule has 0 saturated heterocycles. The Kier molecular flexibility index (Phi) is 4.18. The summed E-state index contributed by atoms with van der Waals surface area (Å²) < 4.78 is 36.4. The molecule has 5 heteroatoms. The highest BCUT2D eigenvalue weighted by molar-refractivity contribution is 5.47. The van der Waals surface area contributed by atoms with Gasteiger partial charge in [-0.25, -0.2) is 0 Å². The molecule has 0 atom stereocenters. The predicted octanol–water partition coefficient (Wildman–Crippen LogP) is 2.19. The lowest BCUT2D eigenvalue weighted by molar-refractivity contribution is -0.119. The lowest BCUT2D eigenvalue weighted by Gasteiger charge is -2.21. The van der Waals surface area contributed by atoms with E-state index in [4.69, 9.17) is 5.73 Å². The first-order chi connectivity index (χ1) is 7.42. The lowest BCUT2D eigenvalue weighted by atomic mass is 10.1. The Hall–Kier alpha value is -1.23. The minimum Gasteiger partial charge on any atom is -0.366 e. The highest BCUT2D eigenvalue weighted by Crippen LogP contribution is 2.21. The van der Waals surface area contributed by atoms with E-state index in [1.54, 1.807) is 24.3 Å². The number of nitrogens with zero attached hydrogens (tertiary/aromatic N) is 1. The Morgan fingerprint density at radius 1 is 1.19 bits per heavy atom. The van der Waals surface area contributed by atoms with E-state index in [2.05, 4.69) is 0 Å². The second-order valence-electron chi connectivity index (χ2n) is 3.68. The molecule has 0 fully saturated rings. The predicted molar refractivity (Wildman–Crippen MR) is 58.5 cm³/mol. The van der Waals surface area contributed by atoms with Crippen LogP contribution in [0.4, 0.5) is 18.9 Å². The molecular weight excluding hydrogens is 217 g/mol. The van der Waals surface area contributed by atoms with Gasteiger partial charge < -0.3 is 10.6 Å². The van der Waals surface area contributed by atoms with Gasteiger partial charge in [0.15, 0.2) is 0 Å². The number of halogens is 3. The summed E-state index contributed by atoms with van der Waals surface area (Å²) in [6, 6.07) is 6.96. The summed E-state index contributed by atoms with van der Waals surface area (Å²) in [5.74, 6) is 0. The monoisotopic (exact) mass is 232 g/mol. The molecule has 0 aliphatic carbocycles. The van der Waals surface area contributed by atoms with Crippen molar-refractivity contribution in [3.63, 3.8) is 0 Å². The molecule has 1 aromatic carbocycles. The fraction of sp³-hybridized carbons (Fsp3) is 0.455. The SMILES string of the molecule is CN(CC(F)(F)F)c1ccc(CCN)cc1. The van der Waals surface area contributed by atoms with Gasteiger partial charge in [0.2, 0.25) is 0 Å². The smallest absolute Gasteiger partial charge is 0.366 e. The minimum atomic E-state index is -4.18. The molecule has 1 rings (SSSR count). The first-order valence-electron chi connectivity index (χ1n) is 4.99. The third-order valence-corrected chi connectivity index (χ3v) is 2.23. The molecule has 0 heterocycles. The van der Waals surface area contributed by atoms with Gasteiger partial charge in [0, 0.05) is 12.7 Å². The summed E-state index contributed by atoms with van der Waals surface area (Å²) in [7, 11) is 1.42. The fourth-order valence-corrected chi connectivity index (χ4v) is 1.44. The molecule has 0 spiro atoms. The zero-order valence-corrected chi connectivity index (χ0v) is 9.09. The number of rotatable bonds is 4. The van der Waals surface area contributed by atoms with Crippen LogP contribution in [-0.2, 0) is 6.42 Å². The van der Waals surface area contributed by atoms with Gasteiger partial charge in [-0.3, -0.25) is 0 Å². The fourth-order valence-electron chi connectivity index (χ4n) is 1.44. The Morgan fingerprint density at radius 2 is 1.75 bits per heavy atom. The van der Waals surface area contributed by atoms with Gasteiger partial charge in [-0.05, 0) is 30.7 Å². The van der Waals surface area contributed by atoms with Crippen molar-refractivity contribution in [3.05, 3.63) is 29.8 Å². The highest BCUT2D eigenvalue weighted by atomic mass is 19.4. The summed E-state index contributed by atoms with van der Waals surface area (Å²) in [5.41, 5.74) is 6.97. The summed E-state index contributed by atoms with van der Waals surface area (Å²) in [4.78, 5) is 1.17. The van der Waals surface area contributed by atoms with Crippen LogP contribution in [0.25, 0.3) is 0 Å². The number of nitrogens with two attached hydrogens (primary N) is 1. The Morgan fingerprint density at radius 3 is 2.19 bits per heavy atom. The van der Waals surface area contributed by atoms with E-state index in [1.165, 1.54) is 11.9 Å². The van der Waals surface area contributed by atoms with Crippen molar-refractivity contribution in [2.75, 3.05) is 25.0 Å². The van der Waals surface area contributed by atoms with E-state index in [9.17, 15) is 13.2 Å². The number of anilines is 1. The zero-order valence-electron chi connectivity index (χ0n) is 9.09. The van der Waals surface area contributed by atoms with Crippen LogP contribution in [0, 0.1) is 0 Å². The van der Waals surface area contributed by atoms with E-state index in [0.717, 1.165) is 12.0 Å². The molecule has 0 unspecified atom stereocenters. The summed E-state index contributed by atoms with van der Waals surface area (Å²) in [5, 5.41) is 0. The molecule has 0 bridgehead atoms. The van der Waals surface area contributed by atoms with Crippen LogP contribution in [0.2, 0.25) is 0 Å². The quantitative estimate of drug-likeness (QED) is 0.862. The lowest BCUT2D eigenvalue weighted by Crippen LogP contribution is -2.30. The molecule has 1 aromatic rings. The van der Waals surface area contributed by atoms with Crippen molar-refractivity contribution < 1.29 is 13.2 Å². The third-order valence-electron chi connectivity index (χ3n) is 2.23. The minimum absolute atomic E-state index is 0.539. The van der Waals surface area contributed by atoms with Crippen LogP contribution < -0.4 is 10.6 Å². The van der Waals surface area contributed by atoms with Crippen LogP contribution in [0.15, 0.2) is 24.3 Å². The molecule has 0 aliphatic heterocycles. The first kappa shape index (κ1) is 12.8. The van der Waals surface area contributed by atoms with Crippen LogP contribution in [0.5, 0.6) is 0 Å². The maximum Gasteiger partial charge on any atom is 0.405 e. The topological polar surface area (TPSA) is 29.3 Å². The van der Waals surface area contributed by atoms with E-state index in [0.29, 0.717) is 12.2 Å². The molecule has 2 N–H and O–H groups in total. The number of hydrogen-bond acceptors (Lipinski definition) is 2. The second kappa shape index (κ2) is 5.21. The van der Waals surface area contributed by atoms with Crippen molar-refractivity contribution >= 4 is 5.69 Å². The van der Waals surface area contributed by atoms with Crippen molar-refractivity contribution in [1.29, 1.82) is 0 Å². The van der Waals surface area contributed by atoms with Gasteiger partial charge in [-0.1, -0.05) is 12.1 Å². The van der Waals surface area contributed by atoms with Crippen LogP contribution >= 0.6 is 0 Å². The molecule has 2 nitrogen and oxygen atoms in total. The largest absolute Gasteiger partial charge is 0.405 e. The molecule has 0 amide bonds. The van der Waals surface area contributed by atoms with Crippen molar-refractivity contribution in [2.24, 2.45) is 5.73 Å². The molecule has 16 heavy (non-hydrogen) atoms. The Balaban J connectivity index is 2.66. The van der Waals surface area contributed by atoms with E-state index >= 15 is 0 Å². The Labute approximate surface area is 92.9 Å². The van der Waals surface area contributed by atoms with Gasteiger partial charge in [0.25, 0.3) is 0 Å². The van der Waals surface area contributed by atoms with E-state index in [1.807, 2.05) is 0 Å². The normalized spacial score (nSPS) is 11.6. The molecule has 90 valence electrons. The van der Waals surface area contributed by atoms with Gasteiger partial charge in [0.1, 0.15) is 6.54 Å². The molecule has 0 aromatic heterocycles. The number of alkyl halides is 3. The zero-order chi connectivity index (χ0) is 12.2. The van der Waals surface area contributed by atoms with Crippen LogP contribution in [0.1, 0.15) is 5.56 Å². The van der Waals surface area contributed by atoms with Crippen molar-refractivity contribution in [3.8, 4) is 0 Å². The van der Waals surface area contributed by atoms with Gasteiger partial charge in [0.05, 0.1) is 0 Å². The highest BCUT2D eigenvalue weighted by Gasteiger charge is 2.29. The van der Waals surface area contributed by atoms with Gasteiger partial charge in [-0.15, -0.1) is 0 Å².